The van der Waals surface area contributed by atoms with Gasteiger partial charge in [0.05, 0.1) is 13.2 Å². The highest BCUT2D eigenvalue weighted by molar-refractivity contribution is 7.89. The van der Waals surface area contributed by atoms with Gasteiger partial charge in [0.25, 0.3) is 5.91 Å². The first-order valence-electron chi connectivity index (χ1n) is 8.46. The molecule has 0 radical (unpaired) electrons. The van der Waals surface area contributed by atoms with Gasteiger partial charge in [-0.1, -0.05) is 24.3 Å². The van der Waals surface area contributed by atoms with E-state index in [1.165, 1.54) is 31.9 Å². The van der Waals surface area contributed by atoms with Crippen molar-refractivity contribution in [3.8, 4) is 5.75 Å². The standard InChI is InChI=1S/C19H22N2O4S/c1-20-26(23,24)18-12-14(10-11-17(18)25-2)19(22)21-16-9-5-7-13-6-3-4-8-15(13)16/h3-4,6,8,10-12,16,20H,5,7,9H2,1-2H3,(H,21,22). The largest absolute Gasteiger partial charge is 0.495 e. The van der Waals surface area contributed by atoms with E-state index in [1.807, 2.05) is 18.2 Å². The molecule has 1 amide bonds. The maximum Gasteiger partial charge on any atom is 0.251 e. The van der Waals surface area contributed by atoms with Gasteiger partial charge < -0.3 is 10.1 Å². The van der Waals surface area contributed by atoms with E-state index < -0.39 is 10.0 Å². The molecule has 0 fully saturated rings. The smallest absolute Gasteiger partial charge is 0.251 e. The van der Waals surface area contributed by atoms with Crippen molar-refractivity contribution >= 4 is 15.9 Å². The molecule has 138 valence electrons. The van der Waals surface area contributed by atoms with E-state index in [0.717, 1.165) is 24.8 Å². The fourth-order valence-corrected chi connectivity index (χ4v) is 4.20. The molecule has 0 bridgehead atoms. The van der Waals surface area contributed by atoms with Gasteiger partial charge in [-0.05, 0) is 55.6 Å². The minimum atomic E-state index is -3.73. The maximum atomic E-state index is 12.7. The molecule has 6 nitrogen and oxygen atoms in total. The molecule has 0 saturated heterocycles. The van der Waals surface area contributed by atoms with Crippen molar-refractivity contribution in [1.29, 1.82) is 0 Å². The van der Waals surface area contributed by atoms with Crippen molar-refractivity contribution in [3.05, 3.63) is 59.2 Å². The van der Waals surface area contributed by atoms with Gasteiger partial charge in [0.1, 0.15) is 10.6 Å². The Labute approximate surface area is 153 Å². The summed E-state index contributed by atoms with van der Waals surface area (Å²) in [5, 5.41) is 3.03. The number of benzene rings is 2. The quantitative estimate of drug-likeness (QED) is 0.842. The summed E-state index contributed by atoms with van der Waals surface area (Å²) in [6, 6.07) is 12.4. The lowest BCUT2D eigenvalue weighted by Crippen LogP contribution is -2.31. The number of hydrogen-bond acceptors (Lipinski definition) is 4. The van der Waals surface area contributed by atoms with E-state index in [9.17, 15) is 13.2 Å². The highest BCUT2D eigenvalue weighted by atomic mass is 32.2. The van der Waals surface area contributed by atoms with Crippen molar-refractivity contribution in [2.24, 2.45) is 0 Å². The molecule has 7 heteroatoms. The fraction of sp³-hybridized carbons (Fsp3) is 0.316. The topological polar surface area (TPSA) is 84.5 Å². The lowest BCUT2D eigenvalue weighted by atomic mass is 9.87. The van der Waals surface area contributed by atoms with Crippen LogP contribution in [0.5, 0.6) is 5.75 Å². The summed E-state index contributed by atoms with van der Waals surface area (Å²) in [7, 11) is -1.02. The molecular formula is C19H22N2O4S. The number of amides is 1. The van der Waals surface area contributed by atoms with Crippen LogP contribution in [0.3, 0.4) is 0 Å². The van der Waals surface area contributed by atoms with Gasteiger partial charge in [-0.3, -0.25) is 4.79 Å². The Morgan fingerprint density at radius 1 is 1.19 bits per heavy atom. The number of rotatable bonds is 5. The van der Waals surface area contributed by atoms with Crippen LogP contribution in [-0.2, 0) is 16.4 Å². The molecule has 2 aromatic rings. The number of aryl methyl sites for hydroxylation is 1. The van der Waals surface area contributed by atoms with Crippen molar-refractivity contribution in [2.75, 3.05) is 14.2 Å². The van der Waals surface area contributed by atoms with Crippen molar-refractivity contribution in [1.82, 2.24) is 10.0 Å². The summed E-state index contributed by atoms with van der Waals surface area (Å²) in [6.07, 6.45) is 2.88. The summed E-state index contributed by atoms with van der Waals surface area (Å²) in [4.78, 5) is 12.7. The van der Waals surface area contributed by atoms with Gasteiger partial charge in [0, 0.05) is 5.56 Å². The Morgan fingerprint density at radius 3 is 2.69 bits per heavy atom. The second-order valence-electron chi connectivity index (χ2n) is 6.19. The molecule has 0 saturated carbocycles. The molecule has 0 aliphatic heterocycles. The molecule has 1 aliphatic carbocycles. The van der Waals surface area contributed by atoms with E-state index >= 15 is 0 Å². The molecule has 1 unspecified atom stereocenters. The summed E-state index contributed by atoms with van der Waals surface area (Å²) in [5.74, 6) is -0.110. The number of sulfonamides is 1. The summed E-state index contributed by atoms with van der Waals surface area (Å²) >= 11 is 0. The third-order valence-corrected chi connectivity index (χ3v) is 6.09. The first kappa shape index (κ1) is 18.4. The van der Waals surface area contributed by atoms with Crippen LogP contribution >= 0.6 is 0 Å². The Kier molecular flexibility index (Phi) is 5.29. The minimum Gasteiger partial charge on any atom is -0.495 e. The number of hydrogen-bond donors (Lipinski definition) is 2. The van der Waals surface area contributed by atoms with Crippen LogP contribution in [0.25, 0.3) is 0 Å². The van der Waals surface area contributed by atoms with E-state index in [1.54, 1.807) is 6.07 Å². The third-order valence-electron chi connectivity index (χ3n) is 4.66. The molecule has 2 N–H and O–H groups in total. The van der Waals surface area contributed by atoms with Crippen LogP contribution in [0.1, 0.15) is 40.4 Å². The number of methoxy groups -OCH3 is 1. The van der Waals surface area contributed by atoms with Crippen LogP contribution in [0.15, 0.2) is 47.4 Å². The number of carbonyl (C=O) groups excluding carboxylic acids is 1. The monoisotopic (exact) mass is 374 g/mol. The Hall–Kier alpha value is -2.38. The predicted molar refractivity (Wildman–Crippen MR) is 98.8 cm³/mol. The van der Waals surface area contributed by atoms with E-state index in [4.69, 9.17) is 4.74 Å². The Bertz CT molecular complexity index is 925. The lowest BCUT2D eigenvalue weighted by Gasteiger charge is -2.26. The maximum absolute atomic E-state index is 12.7. The zero-order valence-corrected chi connectivity index (χ0v) is 15.6. The summed E-state index contributed by atoms with van der Waals surface area (Å²) in [5.41, 5.74) is 2.66. The Balaban J connectivity index is 1.89. The van der Waals surface area contributed by atoms with E-state index in [2.05, 4.69) is 16.1 Å². The number of fused-ring (bicyclic) bond motifs is 1. The van der Waals surface area contributed by atoms with E-state index in [-0.39, 0.29) is 28.2 Å². The molecule has 26 heavy (non-hydrogen) atoms. The first-order chi connectivity index (χ1) is 12.5. The highest BCUT2D eigenvalue weighted by Crippen LogP contribution is 2.30. The highest BCUT2D eigenvalue weighted by Gasteiger charge is 2.24. The van der Waals surface area contributed by atoms with Crippen LogP contribution in [0.2, 0.25) is 0 Å². The molecule has 1 aliphatic rings. The van der Waals surface area contributed by atoms with Gasteiger partial charge in [-0.25, -0.2) is 13.1 Å². The molecule has 0 heterocycles. The second kappa shape index (κ2) is 7.47. The molecule has 0 spiro atoms. The first-order valence-corrected chi connectivity index (χ1v) is 9.95. The van der Waals surface area contributed by atoms with Gasteiger partial charge in [-0.2, -0.15) is 0 Å². The van der Waals surface area contributed by atoms with Gasteiger partial charge in [-0.15, -0.1) is 0 Å². The van der Waals surface area contributed by atoms with Crippen LogP contribution in [-0.4, -0.2) is 28.5 Å². The zero-order chi connectivity index (χ0) is 18.7. The normalized spacial score (nSPS) is 16.6. The fourth-order valence-electron chi connectivity index (χ4n) is 3.28. The average molecular weight is 374 g/mol. The number of carbonyl (C=O) groups is 1. The minimum absolute atomic E-state index is 0.0563. The van der Waals surface area contributed by atoms with Gasteiger partial charge in [0.15, 0.2) is 0 Å². The third kappa shape index (κ3) is 3.59. The van der Waals surface area contributed by atoms with Crippen LogP contribution in [0, 0.1) is 0 Å². The van der Waals surface area contributed by atoms with E-state index in [0.29, 0.717) is 0 Å². The van der Waals surface area contributed by atoms with Crippen LogP contribution in [0.4, 0.5) is 0 Å². The summed E-state index contributed by atoms with van der Waals surface area (Å²) < 4.78 is 31.7. The molecular weight excluding hydrogens is 352 g/mol. The predicted octanol–water partition coefficient (Wildman–Crippen LogP) is 2.41. The molecule has 3 rings (SSSR count). The zero-order valence-electron chi connectivity index (χ0n) is 14.8. The van der Waals surface area contributed by atoms with Crippen molar-refractivity contribution in [3.63, 3.8) is 0 Å². The van der Waals surface area contributed by atoms with Crippen LogP contribution < -0.4 is 14.8 Å². The lowest BCUT2D eigenvalue weighted by molar-refractivity contribution is 0.0932. The van der Waals surface area contributed by atoms with Crippen molar-refractivity contribution < 1.29 is 17.9 Å². The molecule has 1 atom stereocenters. The number of nitrogens with one attached hydrogen (secondary N) is 2. The van der Waals surface area contributed by atoms with Gasteiger partial charge in [0.2, 0.25) is 10.0 Å². The van der Waals surface area contributed by atoms with Gasteiger partial charge >= 0.3 is 0 Å². The second-order valence-corrected chi connectivity index (χ2v) is 8.05. The average Bonchev–Trinajstić information content (AvgIpc) is 2.67. The Morgan fingerprint density at radius 2 is 1.96 bits per heavy atom. The summed E-state index contributed by atoms with van der Waals surface area (Å²) in [6.45, 7) is 0. The molecule has 2 aromatic carbocycles. The van der Waals surface area contributed by atoms with Crippen molar-refractivity contribution in [2.45, 2.75) is 30.2 Å². The number of ether oxygens (including phenoxy) is 1. The molecule has 0 aromatic heterocycles. The SMILES string of the molecule is CNS(=O)(=O)c1cc(C(=O)NC2CCCc3ccccc32)ccc1OC.